The summed E-state index contributed by atoms with van der Waals surface area (Å²) >= 11 is 0. The monoisotopic (exact) mass is 924 g/mol. The Morgan fingerprint density at radius 1 is 1.04 bits per heavy atom. The molecule has 0 spiro atoms. The van der Waals surface area contributed by atoms with Crippen LogP contribution in [-0.4, -0.2) is 127 Å². The summed E-state index contributed by atoms with van der Waals surface area (Å²) in [6.07, 6.45) is 7.19. The van der Waals surface area contributed by atoms with Gasteiger partial charge < -0.3 is 29.1 Å². The van der Waals surface area contributed by atoms with E-state index in [2.05, 4.69) is 73.0 Å². The summed E-state index contributed by atoms with van der Waals surface area (Å²) in [4.78, 5) is 68.1. The zero-order chi connectivity index (χ0) is 49.1. The van der Waals surface area contributed by atoms with Crippen LogP contribution in [0, 0.1) is 11.3 Å². The Labute approximate surface area is 395 Å². The summed E-state index contributed by atoms with van der Waals surface area (Å²) in [7, 11) is 5.00. The van der Waals surface area contributed by atoms with Crippen molar-refractivity contribution in [3.63, 3.8) is 0 Å². The van der Waals surface area contributed by atoms with Gasteiger partial charge in [-0.2, -0.15) is 0 Å². The minimum Gasteiger partial charge on any atom is -0.467 e. The number of aromatic nitrogens is 2. The van der Waals surface area contributed by atoms with Gasteiger partial charge in [0.15, 0.2) is 0 Å². The molecule has 4 aromatic rings. The van der Waals surface area contributed by atoms with Crippen LogP contribution in [0.1, 0.15) is 83.7 Å². The van der Waals surface area contributed by atoms with Crippen LogP contribution in [0.5, 0.6) is 0 Å². The molecule has 6 rings (SSSR count). The lowest BCUT2D eigenvalue weighted by atomic mass is 9.84. The fraction of sp³-hybridized carbons (Fsp3) is 0.500. The number of methoxy groups -OCH3 is 1. The predicted octanol–water partition coefficient (Wildman–Crippen LogP) is 6.89. The third kappa shape index (κ3) is 13.0. The molecule has 2 aromatic carbocycles. The Morgan fingerprint density at radius 2 is 1.79 bits per heavy atom. The van der Waals surface area contributed by atoms with Gasteiger partial charge in [-0.3, -0.25) is 34.1 Å². The number of hydrogen-bond acceptors (Lipinski definition) is 10. The number of likely N-dealkylation sites (N-methyl/N-ethyl adjacent to an activating group) is 1. The van der Waals surface area contributed by atoms with Crippen LogP contribution in [0.4, 0.5) is 4.39 Å². The summed E-state index contributed by atoms with van der Waals surface area (Å²) in [6, 6.07) is 16.5. The van der Waals surface area contributed by atoms with Crippen LogP contribution in [0.2, 0.25) is 0 Å². The fourth-order valence-electron chi connectivity index (χ4n) is 9.28. The highest BCUT2D eigenvalue weighted by Crippen LogP contribution is 2.42. The van der Waals surface area contributed by atoms with Gasteiger partial charge in [0, 0.05) is 80.3 Å². The summed E-state index contributed by atoms with van der Waals surface area (Å²) in [5.41, 5.74) is 8.80. The van der Waals surface area contributed by atoms with E-state index in [0.717, 1.165) is 75.7 Å². The lowest BCUT2D eigenvalue weighted by molar-refractivity contribution is -0.142. The summed E-state index contributed by atoms with van der Waals surface area (Å²) in [5.74, 6) is -0.828. The number of pyridine rings is 1. The number of nitrogens with zero attached hydrogens (tertiary/aromatic N) is 5. The maximum atomic E-state index is 15.3. The highest BCUT2D eigenvalue weighted by molar-refractivity contribution is 5.95. The smallest absolute Gasteiger partial charge is 0.293 e. The number of hydrogen-bond donors (Lipinski definition) is 2. The van der Waals surface area contributed by atoms with Crippen molar-refractivity contribution in [1.29, 1.82) is 0 Å². The first kappa shape index (κ1) is 52.2. The van der Waals surface area contributed by atoms with Gasteiger partial charge >= 0.3 is 0 Å². The molecule has 2 N–H and O–H groups in total. The number of aldehydes is 1. The van der Waals surface area contributed by atoms with Crippen molar-refractivity contribution in [2.45, 2.75) is 104 Å². The van der Waals surface area contributed by atoms with E-state index in [4.69, 9.17) is 14.5 Å². The van der Waals surface area contributed by atoms with E-state index >= 15 is 4.39 Å². The minimum absolute atomic E-state index is 0.0406. The number of fused-ring (bicyclic) bond motifs is 1. The number of halogens is 1. The standard InChI is InChI=1S/C44H59FN6O5.C8H11NO2/c1-10-50-37-19-18-32(25-34(37)35(26-43(3,4)27-56-28-52)39(50)33-17-14-20-46-38(33)29(2)55-9)31-16-13-15-30(23-31)24-36(42(54)51-22-12-11-21-47-51)48-41(53)40(49(7)8)44(5,6)45;1-2-8(11)9-4-3-7(5-9)6-10/h13-20,23,25,28-29,36,40,47H,10-12,21-22,24,26-27H2,1-9H3,(H,48,53);2,6-7H,1,3-5H2. The van der Waals surface area contributed by atoms with Gasteiger partial charge in [-0.25, -0.2) is 9.82 Å². The maximum absolute atomic E-state index is 15.3. The Morgan fingerprint density at radius 3 is 2.40 bits per heavy atom. The number of rotatable bonds is 19. The molecule has 0 bridgehead atoms. The van der Waals surface area contributed by atoms with Crippen LogP contribution >= 0.6 is 0 Å². The largest absolute Gasteiger partial charge is 0.467 e. The zero-order valence-electron chi connectivity index (χ0n) is 40.8. The van der Waals surface area contributed by atoms with Crippen molar-refractivity contribution in [2.24, 2.45) is 11.3 Å². The van der Waals surface area contributed by atoms with Crippen molar-refractivity contribution >= 4 is 41.4 Å². The molecule has 2 aliphatic rings. The number of ether oxygens (including phenoxy) is 2. The molecule has 4 unspecified atom stereocenters. The number of hydrazine groups is 1. The van der Waals surface area contributed by atoms with E-state index in [1.165, 1.54) is 19.9 Å². The van der Waals surface area contributed by atoms with Crippen LogP contribution in [0.15, 0.2) is 73.4 Å². The summed E-state index contributed by atoms with van der Waals surface area (Å²) in [5, 5.41) is 5.58. The molecule has 15 heteroatoms. The van der Waals surface area contributed by atoms with E-state index in [9.17, 15) is 24.0 Å². The van der Waals surface area contributed by atoms with Crippen LogP contribution in [0.3, 0.4) is 0 Å². The van der Waals surface area contributed by atoms with Gasteiger partial charge in [0.2, 0.25) is 11.8 Å². The van der Waals surface area contributed by atoms with E-state index in [0.29, 0.717) is 45.6 Å². The molecule has 4 heterocycles. The fourth-order valence-corrected chi connectivity index (χ4v) is 9.28. The highest BCUT2D eigenvalue weighted by Gasteiger charge is 2.39. The molecule has 14 nitrogen and oxygen atoms in total. The molecule has 3 amide bonds. The average Bonchev–Trinajstić information content (AvgIpc) is 3.92. The second kappa shape index (κ2) is 23.3. The number of benzene rings is 2. The maximum Gasteiger partial charge on any atom is 0.293 e. The van der Waals surface area contributed by atoms with E-state index in [1.54, 1.807) is 42.2 Å². The van der Waals surface area contributed by atoms with Crippen molar-refractivity contribution in [2.75, 3.05) is 54.0 Å². The van der Waals surface area contributed by atoms with Crippen molar-refractivity contribution in [3.05, 3.63) is 90.3 Å². The van der Waals surface area contributed by atoms with Crippen LogP contribution in [0.25, 0.3) is 33.3 Å². The molecule has 0 saturated carbocycles. The Kier molecular flexibility index (Phi) is 18.2. The topological polar surface area (TPSA) is 155 Å². The molecule has 2 aliphatic heterocycles. The van der Waals surface area contributed by atoms with E-state index in [-0.39, 0.29) is 42.3 Å². The Bertz CT molecular complexity index is 2370. The normalized spacial score (nSPS) is 16.7. The molecular formula is C52H70FN7O7. The first-order valence-corrected chi connectivity index (χ1v) is 23.2. The lowest BCUT2D eigenvalue weighted by Gasteiger charge is -2.35. The number of carbonyl (C=O) groups excluding carboxylic acids is 5. The third-order valence-corrected chi connectivity index (χ3v) is 12.5. The third-order valence-electron chi connectivity index (χ3n) is 12.5. The molecule has 0 aliphatic carbocycles. The number of aryl methyl sites for hydroxylation is 1. The minimum atomic E-state index is -1.84. The summed E-state index contributed by atoms with van der Waals surface area (Å²) in [6.45, 7) is 18.3. The van der Waals surface area contributed by atoms with Gasteiger partial charge in [-0.05, 0) is 120 Å². The van der Waals surface area contributed by atoms with Gasteiger partial charge in [-0.1, -0.05) is 50.8 Å². The molecule has 4 atom stereocenters. The van der Waals surface area contributed by atoms with Crippen molar-refractivity contribution in [1.82, 2.24) is 35.1 Å². The molecule has 67 heavy (non-hydrogen) atoms. The van der Waals surface area contributed by atoms with Crippen molar-refractivity contribution < 1.29 is 37.8 Å². The second-order valence-corrected chi connectivity index (χ2v) is 19.0. The van der Waals surface area contributed by atoms with Gasteiger partial charge in [-0.15, -0.1) is 0 Å². The Balaban J connectivity index is 0.000000669. The second-order valence-electron chi connectivity index (χ2n) is 19.0. The molecule has 2 aromatic heterocycles. The quantitative estimate of drug-likeness (QED) is 0.0751. The van der Waals surface area contributed by atoms with Gasteiger partial charge in [0.25, 0.3) is 12.4 Å². The first-order valence-electron chi connectivity index (χ1n) is 23.2. The van der Waals surface area contributed by atoms with Gasteiger partial charge in [0.1, 0.15) is 24.0 Å². The zero-order valence-corrected chi connectivity index (χ0v) is 40.8. The molecular weight excluding hydrogens is 854 g/mol. The number of amides is 3. The average molecular weight is 924 g/mol. The van der Waals surface area contributed by atoms with E-state index in [1.807, 2.05) is 31.2 Å². The number of likely N-dealkylation sites (tertiary alicyclic amines) is 1. The van der Waals surface area contributed by atoms with Crippen LogP contribution in [-0.2, 0) is 52.8 Å². The van der Waals surface area contributed by atoms with Crippen LogP contribution < -0.4 is 10.7 Å². The number of alkyl halides is 1. The highest BCUT2D eigenvalue weighted by atomic mass is 19.1. The molecule has 0 radical (unpaired) electrons. The molecule has 362 valence electrons. The van der Waals surface area contributed by atoms with E-state index < -0.39 is 23.7 Å². The Hall–Kier alpha value is -5.77. The molecule has 2 saturated heterocycles. The predicted molar refractivity (Wildman–Crippen MR) is 259 cm³/mol. The SMILES string of the molecule is C=CC(=O)N1CCC(C=O)C1.CCn1c(-c2cccnc2C(C)OC)c(CC(C)(C)COC=O)c2cc(-c3cccc(CC(NC(=O)C(N(C)C)C(C)(C)F)C(=O)N4CCCCN4)c3)ccc21. The number of carbonyl (C=O) groups is 5. The number of nitrogens with one attached hydrogen (secondary N) is 2. The van der Waals surface area contributed by atoms with Crippen molar-refractivity contribution in [3.8, 4) is 22.4 Å². The lowest BCUT2D eigenvalue weighted by Crippen LogP contribution is -2.60. The summed E-state index contributed by atoms with van der Waals surface area (Å²) < 4.78 is 28.7. The first-order chi connectivity index (χ1) is 31.9. The molecule has 2 fully saturated rings. The van der Waals surface area contributed by atoms with Gasteiger partial charge in [0.05, 0.1) is 24.1 Å².